The molecule has 0 unspecified atom stereocenters. The number of benzene rings is 2. The fraction of sp³-hybridized carbons (Fsp3) is 0. The highest BCUT2D eigenvalue weighted by Crippen LogP contribution is 2.36. The molecule has 0 aliphatic carbocycles. The van der Waals surface area contributed by atoms with Gasteiger partial charge in [0.05, 0.1) is 0 Å². The van der Waals surface area contributed by atoms with Crippen molar-refractivity contribution in [3.8, 4) is 5.75 Å². The number of phenolic OH excluding ortho intramolecular Hbond substituents is 1. The Kier molecular flexibility index (Phi) is 2.57. The number of azo groups is 1. The van der Waals surface area contributed by atoms with E-state index in [1.54, 1.807) is 12.1 Å². The van der Waals surface area contributed by atoms with Crippen molar-refractivity contribution in [3.05, 3.63) is 36.4 Å². The van der Waals surface area contributed by atoms with Crippen molar-refractivity contribution in [2.24, 2.45) is 10.2 Å². The van der Waals surface area contributed by atoms with Crippen LogP contribution in [0, 0.1) is 0 Å². The molecule has 0 spiro atoms. The third-order valence-corrected chi connectivity index (χ3v) is 2.62. The highest BCUT2D eigenvalue weighted by molar-refractivity contribution is 5.95. The number of nitrogens with two attached hydrogens (primary N) is 1. The lowest BCUT2D eigenvalue weighted by Gasteiger charge is -2.02. The van der Waals surface area contributed by atoms with Crippen molar-refractivity contribution in [1.29, 1.82) is 0 Å². The maximum absolute atomic E-state index is 9.86. The SMILES string of the molecule is Nc1nonc1N=Nc1c(O)ccc2ccccc12. The molecule has 0 saturated heterocycles. The standard InChI is InChI=1S/C12H9N5O2/c13-11-12(17-19-16-11)15-14-10-8-4-2-1-3-7(8)5-6-9(10)18/h1-6,18H,(H2,13,16). The Balaban J connectivity index is 2.12. The molecule has 7 nitrogen and oxygen atoms in total. The Morgan fingerprint density at radius 1 is 1.05 bits per heavy atom. The summed E-state index contributed by atoms with van der Waals surface area (Å²) >= 11 is 0. The molecule has 94 valence electrons. The molecular weight excluding hydrogens is 246 g/mol. The van der Waals surface area contributed by atoms with Crippen LogP contribution in [0.2, 0.25) is 0 Å². The molecule has 0 radical (unpaired) electrons. The van der Waals surface area contributed by atoms with Gasteiger partial charge in [-0.1, -0.05) is 30.3 Å². The first-order valence-corrected chi connectivity index (χ1v) is 5.46. The van der Waals surface area contributed by atoms with Gasteiger partial charge in [-0.15, -0.1) is 10.2 Å². The molecular formula is C12H9N5O2. The van der Waals surface area contributed by atoms with E-state index < -0.39 is 0 Å². The molecule has 3 aromatic rings. The zero-order valence-corrected chi connectivity index (χ0v) is 9.69. The van der Waals surface area contributed by atoms with Gasteiger partial charge in [-0.05, 0) is 21.8 Å². The molecule has 7 heteroatoms. The number of nitrogens with zero attached hydrogens (tertiary/aromatic N) is 4. The fourth-order valence-corrected chi connectivity index (χ4v) is 1.71. The third kappa shape index (κ3) is 1.97. The van der Waals surface area contributed by atoms with Crippen LogP contribution in [-0.4, -0.2) is 15.4 Å². The van der Waals surface area contributed by atoms with Gasteiger partial charge >= 0.3 is 0 Å². The van der Waals surface area contributed by atoms with Crippen LogP contribution in [0.15, 0.2) is 51.3 Å². The molecule has 0 aliphatic rings. The van der Waals surface area contributed by atoms with Crippen LogP contribution in [0.5, 0.6) is 5.75 Å². The second-order valence-electron chi connectivity index (χ2n) is 3.83. The van der Waals surface area contributed by atoms with E-state index in [1.165, 1.54) is 0 Å². The minimum absolute atomic E-state index is 0.0254. The summed E-state index contributed by atoms with van der Waals surface area (Å²) in [6.45, 7) is 0. The van der Waals surface area contributed by atoms with E-state index in [2.05, 4.69) is 25.2 Å². The second kappa shape index (κ2) is 4.37. The number of anilines is 1. The molecule has 0 fully saturated rings. The van der Waals surface area contributed by atoms with Gasteiger partial charge < -0.3 is 10.8 Å². The molecule has 0 atom stereocenters. The van der Waals surface area contributed by atoms with Gasteiger partial charge in [0, 0.05) is 5.39 Å². The van der Waals surface area contributed by atoms with Gasteiger partial charge in [0.15, 0.2) is 0 Å². The average molecular weight is 255 g/mol. The lowest BCUT2D eigenvalue weighted by atomic mass is 10.1. The molecule has 2 aromatic carbocycles. The van der Waals surface area contributed by atoms with Crippen LogP contribution in [0.4, 0.5) is 17.3 Å². The summed E-state index contributed by atoms with van der Waals surface area (Å²) in [6.07, 6.45) is 0. The molecule has 0 saturated carbocycles. The summed E-state index contributed by atoms with van der Waals surface area (Å²) in [4.78, 5) is 0. The highest BCUT2D eigenvalue weighted by atomic mass is 16.6. The summed E-state index contributed by atoms with van der Waals surface area (Å²) < 4.78 is 4.41. The molecule has 1 heterocycles. The number of nitrogen functional groups attached to an aromatic ring is 1. The minimum Gasteiger partial charge on any atom is -0.506 e. The largest absolute Gasteiger partial charge is 0.506 e. The number of aromatic hydroxyl groups is 1. The molecule has 0 bridgehead atoms. The van der Waals surface area contributed by atoms with Crippen molar-refractivity contribution >= 4 is 28.1 Å². The Hall–Kier alpha value is -2.96. The van der Waals surface area contributed by atoms with E-state index in [-0.39, 0.29) is 17.4 Å². The zero-order valence-electron chi connectivity index (χ0n) is 9.69. The Morgan fingerprint density at radius 3 is 2.68 bits per heavy atom. The quantitative estimate of drug-likeness (QED) is 0.684. The third-order valence-electron chi connectivity index (χ3n) is 2.62. The summed E-state index contributed by atoms with van der Waals surface area (Å²) in [6, 6.07) is 10.9. The summed E-state index contributed by atoms with van der Waals surface area (Å²) in [5, 5.41) is 26.3. The number of aromatic nitrogens is 2. The van der Waals surface area contributed by atoms with Crippen LogP contribution >= 0.6 is 0 Å². The van der Waals surface area contributed by atoms with Gasteiger partial charge in [-0.3, -0.25) is 0 Å². The Morgan fingerprint density at radius 2 is 1.89 bits per heavy atom. The lowest BCUT2D eigenvalue weighted by Crippen LogP contribution is -1.82. The van der Waals surface area contributed by atoms with Crippen LogP contribution in [0.1, 0.15) is 0 Å². The minimum atomic E-state index is 0.0254. The topological polar surface area (TPSA) is 110 Å². The summed E-state index contributed by atoms with van der Waals surface area (Å²) in [5.41, 5.74) is 5.82. The van der Waals surface area contributed by atoms with E-state index >= 15 is 0 Å². The predicted molar refractivity (Wildman–Crippen MR) is 68.5 cm³/mol. The molecule has 0 aliphatic heterocycles. The van der Waals surface area contributed by atoms with Crippen LogP contribution in [0.3, 0.4) is 0 Å². The van der Waals surface area contributed by atoms with Crippen molar-refractivity contribution in [1.82, 2.24) is 10.3 Å². The first-order valence-electron chi connectivity index (χ1n) is 5.46. The molecule has 1 aromatic heterocycles. The second-order valence-corrected chi connectivity index (χ2v) is 3.83. The normalized spacial score (nSPS) is 11.4. The predicted octanol–water partition coefficient (Wildman–Crippen LogP) is 2.93. The van der Waals surface area contributed by atoms with Crippen LogP contribution < -0.4 is 5.73 Å². The number of fused-ring (bicyclic) bond motifs is 1. The Labute approximate surface area is 107 Å². The van der Waals surface area contributed by atoms with Crippen molar-refractivity contribution < 1.29 is 9.74 Å². The van der Waals surface area contributed by atoms with Crippen molar-refractivity contribution in [2.45, 2.75) is 0 Å². The van der Waals surface area contributed by atoms with Gasteiger partial charge in [0.25, 0.3) is 5.82 Å². The van der Waals surface area contributed by atoms with Gasteiger partial charge in [-0.25, -0.2) is 4.63 Å². The van der Waals surface area contributed by atoms with E-state index in [1.807, 2.05) is 24.3 Å². The van der Waals surface area contributed by atoms with Crippen LogP contribution in [0.25, 0.3) is 10.8 Å². The molecule has 3 N–H and O–H groups in total. The molecule has 19 heavy (non-hydrogen) atoms. The van der Waals surface area contributed by atoms with E-state index in [9.17, 15) is 5.11 Å². The fourth-order valence-electron chi connectivity index (χ4n) is 1.71. The van der Waals surface area contributed by atoms with Crippen LogP contribution in [-0.2, 0) is 0 Å². The monoisotopic (exact) mass is 255 g/mol. The number of hydrogen-bond acceptors (Lipinski definition) is 7. The lowest BCUT2D eigenvalue weighted by molar-refractivity contribution is 0.310. The molecule has 0 amide bonds. The highest BCUT2D eigenvalue weighted by Gasteiger charge is 2.08. The van der Waals surface area contributed by atoms with Gasteiger partial charge in [0.1, 0.15) is 11.4 Å². The summed E-state index contributed by atoms with van der Waals surface area (Å²) in [5.74, 6) is 0.147. The first-order chi connectivity index (χ1) is 9.25. The maximum Gasteiger partial charge on any atom is 0.261 e. The Bertz CT molecular complexity index is 766. The van der Waals surface area contributed by atoms with Gasteiger partial charge in [-0.2, -0.15) is 0 Å². The van der Waals surface area contributed by atoms with Gasteiger partial charge in [0.2, 0.25) is 5.82 Å². The smallest absolute Gasteiger partial charge is 0.261 e. The van der Waals surface area contributed by atoms with E-state index in [0.717, 1.165) is 10.8 Å². The van der Waals surface area contributed by atoms with Crippen molar-refractivity contribution in [2.75, 3.05) is 5.73 Å². The number of rotatable bonds is 2. The van der Waals surface area contributed by atoms with E-state index in [0.29, 0.717) is 5.69 Å². The van der Waals surface area contributed by atoms with E-state index in [4.69, 9.17) is 5.73 Å². The summed E-state index contributed by atoms with van der Waals surface area (Å²) in [7, 11) is 0. The first kappa shape index (κ1) is 11.1. The number of hydrogen-bond donors (Lipinski definition) is 2. The van der Waals surface area contributed by atoms with Crippen molar-refractivity contribution in [3.63, 3.8) is 0 Å². The maximum atomic E-state index is 9.86. The number of phenols is 1. The molecule has 3 rings (SSSR count). The average Bonchev–Trinajstić information content (AvgIpc) is 2.83. The zero-order chi connectivity index (χ0) is 13.2.